The zero-order valence-corrected chi connectivity index (χ0v) is 16.6. The number of piperazine rings is 1. The zero-order chi connectivity index (χ0) is 18.7. The lowest BCUT2D eigenvalue weighted by molar-refractivity contribution is -0.123. The summed E-state index contributed by atoms with van der Waals surface area (Å²) in [6.07, 6.45) is 1.97. The Labute approximate surface area is 164 Å². The van der Waals surface area contributed by atoms with E-state index in [1.807, 2.05) is 18.2 Å². The summed E-state index contributed by atoms with van der Waals surface area (Å²) < 4.78 is 5.48. The van der Waals surface area contributed by atoms with E-state index in [-0.39, 0.29) is 11.3 Å². The fraction of sp³-hybridized carbons (Fsp3) is 0.476. The van der Waals surface area contributed by atoms with E-state index in [9.17, 15) is 4.79 Å². The van der Waals surface area contributed by atoms with Crippen molar-refractivity contribution < 1.29 is 9.53 Å². The van der Waals surface area contributed by atoms with Crippen molar-refractivity contribution in [3.8, 4) is 5.75 Å². The molecule has 0 unspecified atom stereocenters. The van der Waals surface area contributed by atoms with E-state index in [4.69, 9.17) is 4.74 Å². The highest BCUT2D eigenvalue weighted by Gasteiger charge is 2.51. The molecule has 6 heteroatoms. The van der Waals surface area contributed by atoms with Gasteiger partial charge < -0.3 is 15.0 Å². The molecule has 144 valence electrons. The highest BCUT2D eigenvalue weighted by Crippen LogP contribution is 2.50. The van der Waals surface area contributed by atoms with Crippen molar-refractivity contribution in [2.45, 2.75) is 18.3 Å². The molecule has 0 radical (unpaired) electrons. The number of nitrogens with one attached hydrogen (secondary N) is 1. The smallest absolute Gasteiger partial charge is 0.231 e. The first-order valence-electron chi connectivity index (χ1n) is 9.65. The highest BCUT2D eigenvalue weighted by atomic mass is 32.1. The van der Waals surface area contributed by atoms with Gasteiger partial charge in [-0.15, -0.1) is 11.3 Å². The van der Waals surface area contributed by atoms with E-state index < -0.39 is 0 Å². The molecule has 1 saturated heterocycles. The summed E-state index contributed by atoms with van der Waals surface area (Å²) in [5.74, 6) is 1.14. The van der Waals surface area contributed by atoms with Gasteiger partial charge in [0, 0.05) is 44.1 Å². The summed E-state index contributed by atoms with van der Waals surface area (Å²) >= 11 is 1.70. The molecule has 27 heavy (non-hydrogen) atoms. The maximum atomic E-state index is 12.6. The number of ether oxygens (including phenoxy) is 1. The summed E-state index contributed by atoms with van der Waals surface area (Å²) in [6.45, 7) is 5.60. The first kappa shape index (κ1) is 18.3. The van der Waals surface area contributed by atoms with Gasteiger partial charge in [-0.2, -0.15) is 0 Å². The topological polar surface area (TPSA) is 44.8 Å². The van der Waals surface area contributed by atoms with Crippen molar-refractivity contribution in [2.75, 3.05) is 51.3 Å². The van der Waals surface area contributed by atoms with Crippen LogP contribution in [0, 0.1) is 0 Å². The SMILES string of the molecule is COc1ccccc1N1CCN(CCNC(=O)C2(c3cccs3)CC2)CC1. The minimum atomic E-state index is -0.225. The molecular formula is C21H27N3O2S. The van der Waals surface area contributed by atoms with Crippen molar-refractivity contribution in [3.63, 3.8) is 0 Å². The predicted octanol–water partition coefficient (Wildman–Crippen LogP) is 2.73. The van der Waals surface area contributed by atoms with Gasteiger partial charge in [-0.05, 0) is 36.4 Å². The highest BCUT2D eigenvalue weighted by molar-refractivity contribution is 7.10. The fourth-order valence-electron chi connectivity index (χ4n) is 3.86. The number of para-hydroxylation sites is 2. The Morgan fingerprint density at radius 2 is 1.93 bits per heavy atom. The van der Waals surface area contributed by atoms with E-state index >= 15 is 0 Å². The van der Waals surface area contributed by atoms with Gasteiger partial charge in [0.1, 0.15) is 5.75 Å². The van der Waals surface area contributed by atoms with Gasteiger partial charge in [-0.1, -0.05) is 18.2 Å². The minimum absolute atomic E-state index is 0.206. The van der Waals surface area contributed by atoms with Crippen molar-refractivity contribution in [1.29, 1.82) is 0 Å². The molecule has 2 fully saturated rings. The second kappa shape index (κ2) is 7.90. The van der Waals surface area contributed by atoms with Crippen LogP contribution in [-0.2, 0) is 10.2 Å². The molecule has 2 aromatic rings. The molecule has 0 spiro atoms. The molecule has 2 aliphatic rings. The van der Waals surface area contributed by atoms with Crippen LogP contribution in [-0.4, -0.2) is 57.2 Å². The Morgan fingerprint density at radius 3 is 2.59 bits per heavy atom. The van der Waals surface area contributed by atoms with E-state index in [1.165, 1.54) is 10.6 Å². The largest absolute Gasteiger partial charge is 0.495 e. The van der Waals surface area contributed by atoms with E-state index in [0.29, 0.717) is 0 Å². The summed E-state index contributed by atoms with van der Waals surface area (Å²) in [4.78, 5) is 18.6. The molecule has 1 aromatic carbocycles. The van der Waals surface area contributed by atoms with E-state index in [0.717, 1.165) is 57.9 Å². The van der Waals surface area contributed by atoms with Crippen LogP contribution in [0.15, 0.2) is 41.8 Å². The van der Waals surface area contributed by atoms with Crippen molar-refractivity contribution in [3.05, 3.63) is 46.7 Å². The standard InChI is InChI=1S/C21H27N3O2S/c1-26-18-6-3-2-5-17(18)24-14-12-23(13-15-24)11-10-22-20(25)21(8-9-21)19-7-4-16-27-19/h2-7,16H,8-15H2,1H3,(H,22,25). The molecule has 1 saturated carbocycles. The summed E-state index contributed by atoms with van der Waals surface area (Å²) in [5, 5.41) is 5.23. The maximum absolute atomic E-state index is 12.6. The number of hydrogen-bond donors (Lipinski definition) is 1. The zero-order valence-electron chi connectivity index (χ0n) is 15.8. The van der Waals surface area contributed by atoms with Gasteiger partial charge in [0.25, 0.3) is 0 Å². The molecule has 1 amide bonds. The van der Waals surface area contributed by atoms with Gasteiger partial charge in [0.2, 0.25) is 5.91 Å². The number of thiophene rings is 1. The number of nitrogens with zero attached hydrogens (tertiary/aromatic N) is 2. The summed E-state index contributed by atoms with van der Waals surface area (Å²) in [5.41, 5.74) is 0.941. The minimum Gasteiger partial charge on any atom is -0.495 e. The summed E-state index contributed by atoms with van der Waals surface area (Å²) in [6, 6.07) is 12.3. The van der Waals surface area contributed by atoms with E-state index in [2.05, 4.69) is 38.7 Å². The molecule has 1 aromatic heterocycles. The van der Waals surface area contributed by atoms with Crippen molar-refractivity contribution in [2.24, 2.45) is 0 Å². The van der Waals surface area contributed by atoms with Crippen molar-refractivity contribution in [1.82, 2.24) is 10.2 Å². The van der Waals surface area contributed by atoms with Crippen LogP contribution < -0.4 is 15.0 Å². The third-order valence-corrected chi connectivity index (χ3v) is 6.76. The maximum Gasteiger partial charge on any atom is 0.231 e. The molecule has 5 nitrogen and oxygen atoms in total. The molecule has 1 aliphatic carbocycles. The molecule has 0 bridgehead atoms. The summed E-state index contributed by atoms with van der Waals surface area (Å²) in [7, 11) is 1.72. The third kappa shape index (κ3) is 3.82. The van der Waals surface area contributed by atoms with Gasteiger partial charge >= 0.3 is 0 Å². The van der Waals surface area contributed by atoms with Gasteiger partial charge in [0.15, 0.2) is 0 Å². The average Bonchev–Trinajstić information content (AvgIpc) is 3.34. The number of carbonyl (C=O) groups is 1. The lowest BCUT2D eigenvalue weighted by atomic mass is 10.0. The van der Waals surface area contributed by atoms with Crippen LogP contribution in [0.5, 0.6) is 5.75 Å². The van der Waals surface area contributed by atoms with Crippen LogP contribution in [0.2, 0.25) is 0 Å². The molecular weight excluding hydrogens is 358 g/mol. The Balaban J connectivity index is 1.23. The number of methoxy groups -OCH3 is 1. The number of carbonyl (C=O) groups excluding carboxylic acids is 1. The lowest BCUT2D eigenvalue weighted by Crippen LogP contribution is -2.49. The van der Waals surface area contributed by atoms with Crippen LogP contribution in [0.25, 0.3) is 0 Å². The number of hydrogen-bond acceptors (Lipinski definition) is 5. The first-order chi connectivity index (χ1) is 13.2. The first-order valence-corrected chi connectivity index (χ1v) is 10.5. The van der Waals surface area contributed by atoms with Crippen LogP contribution in [0.4, 0.5) is 5.69 Å². The molecule has 0 atom stereocenters. The molecule has 1 aliphatic heterocycles. The molecule has 2 heterocycles. The predicted molar refractivity (Wildman–Crippen MR) is 110 cm³/mol. The number of rotatable bonds is 7. The molecule has 4 rings (SSSR count). The number of anilines is 1. The van der Waals surface area contributed by atoms with Gasteiger partial charge in [-0.3, -0.25) is 9.69 Å². The second-order valence-electron chi connectivity index (χ2n) is 7.32. The quantitative estimate of drug-likeness (QED) is 0.796. The van der Waals surface area contributed by atoms with Gasteiger partial charge in [-0.25, -0.2) is 0 Å². The Morgan fingerprint density at radius 1 is 1.15 bits per heavy atom. The molecule has 1 N–H and O–H groups in total. The fourth-order valence-corrected chi connectivity index (χ4v) is 4.84. The number of benzene rings is 1. The lowest BCUT2D eigenvalue weighted by Gasteiger charge is -2.36. The normalized spacial score (nSPS) is 18.9. The van der Waals surface area contributed by atoms with Crippen molar-refractivity contribution >= 4 is 22.9 Å². The van der Waals surface area contributed by atoms with Crippen LogP contribution in [0.3, 0.4) is 0 Å². The Bertz CT molecular complexity index is 765. The Kier molecular flexibility index (Phi) is 5.36. The van der Waals surface area contributed by atoms with Gasteiger partial charge in [0.05, 0.1) is 18.2 Å². The number of amides is 1. The van der Waals surface area contributed by atoms with E-state index in [1.54, 1.807) is 18.4 Å². The third-order valence-electron chi connectivity index (χ3n) is 5.69. The monoisotopic (exact) mass is 385 g/mol. The van der Waals surface area contributed by atoms with Crippen LogP contribution in [0.1, 0.15) is 17.7 Å². The second-order valence-corrected chi connectivity index (χ2v) is 8.26. The van der Waals surface area contributed by atoms with Crippen LogP contribution >= 0.6 is 11.3 Å². The average molecular weight is 386 g/mol. The Hall–Kier alpha value is -2.05.